The van der Waals surface area contributed by atoms with Crippen LogP contribution in [0.2, 0.25) is 0 Å². The number of hydrogen-bond donors (Lipinski definition) is 0. The van der Waals surface area contributed by atoms with Gasteiger partial charge < -0.3 is 23.7 Å². The lowest BCUT2D eigenvalue weighted by molar-refractivity contribution is 0.0519. The number of unbranched alkanes of at least 4 members (excludes halogenated alkanes) is 2. The van der Waals surface area contributed by atoms with Crippen molar-refractivity contribution in [1.29, 1.82) is 0 Å². The lowest BCUT2D eigenvalue weighted by Gasteiger charge is -2.21. The zero-order valence-electron chi connectivity index (χ0n) is 17.4. The molecule has 0 saturated heterocycles. The Morgan fingerprint density at radius 2 is 1.33 bits per heavy atom. The quantitative estimate of drug-likeness (QED) is 0.333. The summed E-state index contributed by atoms with van der Waals surface area (Å²) in [4.78, 5) is 12.5. The average molecular weight is 382 g/mol. The molecular weight excluding hydrogens is 348 g/mol. The van der Waals surface area contributed by atoms with Gasteiger partial charge in [-0.1, -0.05) is 26.7 Å². The van der Waals surface area contributed by atoms with Gasteiger partial charge in [-0.2, -0.15) is 0 Å². The summed E-state index contributed by atoms with van der Waals surface area (Å²) in [5, 5.41) is 0. The van der Waals surface area contributed by atoms with Gasteiger partial charge in [-0.15, -0.1) is 0 Å². The van der Waals surface area contributed by atoms with Crippen molar-refractivity contribution >= 4 is 5.97 Å². The van der Waals surface area contributed by atoms with Gasteiger partial charge in [0.05, 0.1) is 33.0 Å². The SMILES string of the molecule is CCCCOc1c(OCC)cc(C(=O)OCC)c(OCCCC)c1OCC. The molecule has 0 N–H and O–H groups in total. The third-order valence-electron chi connectivity index (χ3n) is 3.73. The minimum absolute atomic E-state index is 0.274. The highest BCUT2D eigenvalue weighted by Gasteiger charge is 2.27. The molecule has 1 aromatic rings. The minimum atomic E-state index is -0.467. The van der Waals surface area contributed by atoms with Crippen molar-refractivity contribution in [3.63, 3.8) is 0 Å². The molecule has 0 heterocycles. The molecule has 1 rings (SSSR count). The molecule has 0 aliphatic heterocycles. The van der Waals surface area contributed by atoms with Crippen LogP contribution >= 0.6 is 0 Å². The summed E-state index contributed by atoms with van der Waals surface area (Å²) in [5.41, 5.74) is 0.294. The Hall–Kier alpha value is -2.11. The first-order valence-electron chi connectivity index (χ1n) is 10.0. The molecule has 0 aliphatic rings. The minimum Gasteiger partial charge on any atom is -0.490 e. The van der Waals surface area contributed by atoms with Gasteiger partial charge >= 0.3 is 5.97 Å². The molecule has 0 fully saturated rings. The molecule has 1 aromatic carbocycles. The Bertz CT molecular complexity index is 570. The summed E-state index contributed by atoms with van der Waals surface area (Å²) < 4.78 is 28.7. The largest absolute Gasteiger partial charge is 0.490 e. The lowest BCUT2D eigenvalue weighted by atomic mass is 10.1. The fraction of sp³-hybridized carbons (Fsp3) is 0.667. The Kier molecular flexibility index (Phi) is 11.1. The lowest BCUT2D eigenvalue weighted by Crippen LogP contribution is -2.13. The van der Waals surface area contributed by atoms with E-state index in [-0.39, 0.29) is 6.61 Å². The van der Waals surface area contributed by atoms with E-state index in [0.717, 1.165) is 25.7 Å². The smallest absolute Gasteiger partial charge is 0.342 e. The average Bonchev–Trinajstić information content (AvgIpc) is 2.65. The molecule has 0 atom stereocenters. The molecule has 0 radical (unpaired) electrons. The Labute approximate surface area is 163 Å². The van der Waals surface area contributed by atoms with E-state index in [1.165, 1.54) is 0 Å². The Morgan fingerprint density at radius 1 is 0.741 bits per heavy atom. The number of ether oxygens (including phenoxy) is 5. The summed E-state index contributed by atoms with van der Waals surface area (Å²) >= 11 is 0. The van der Waals surface area contributed by atoms with Crippen molar-refractivity contribution in [3.8, 4) is 23.0 Å². The van der Waals surface area contributed by atoms with Crippen molar-refractivity contribution in [2.45, 2.75) is 60.3 Å². The van der Waals surface area contributed by atoms with Crippen LogP contribution in [0, 0.1) is 0 Å². The highest BCUT2D eigenvalue weighted by molar-refractivity contribution is 5.95. The molecule has 0 spiro atoms. The van der Waals surface area contributed by atoms with Crippen LogP contribution in [0.1, 0.15) is 70.7 Å². The maximum atomic E-state index is 12.5. The maximum absolute atomic E-state index is 12.5. The first-order valence-corrected chi connectivity index (χ1v) is 10.0. The van der Waals surface area contributed by atoms with Crippen LogP contribution in [0.25, 0.3) is 0 Å². The summed E-state index contributed by atoms with van der Waals surface area (Å²) in [6.07, 6.45) is 3.76. The third kappa shape index (κ3) is 6.85. The van der Waals surface area contributed by atoms with E-state index in [1.807, 2.05) is 13.8 Å². The van der Waals surface area contributed by atoms with Gasteiger partial charge in [0, 0.05) is 6.07 Å². The molecule has 27 heavy (non-hydrogen) atoms. The van der Waals surface area contributed by atoms with E-state index in [0.29, 0.717) is 55.0 Å². The van der Waals surface area contributed by atoms with Gasteiger partial charge in [-0.25, -0.2) is 4.79 Å². The van der Waals surface area contributed by atoms with Gasteiger partial charge in [0.15, 0.2) is 11.5 Å². The van der Waals surface area contributed by atoms with Crippen molar-refractivity contribution < 1.29 is 28.5 Å². The van der Waals surface area contributed by atoms with Crippen LogP contribution < -0.4 is 18.9 Å². The summed E-state index contributed by atoms with van der Waals surface area (Å²) in [6, 6.07) is 1.63. The Balaban J connectivity index is 3.47. The summed E-state index contributed by atoms with van der Waals surface area (Å²) in [5.74, 6) is 1.23. The normalized spacial score (nSPS) is 10.4. The number of benzene rings is 1. The van der Waals surface area contributed by atoms with E-state index in [9.17, 15) is 4.79 Å². The van der Waals surface area contributed by atoms with Crippen LogP contribution in [0.4, 0.5) is 0 Å². The number of hydrogen-bond acceptors (Lipinski definition) is 6. The number of carbonyl (C=O) groups is 1. The molecule has 0 aromatic heterocycles. The predicted octanol–water partition coefficient (Wildman–Crippen LogP) is 5.02. The van der Waals surface area contributed by atoms with Crippen molar-refractivity contribution in [1.82, 2.24) is 0 Å². The Morgan fingerprint density at radius 3 is 1.85 bits per heavy atom. The first kappa shape index (κ1) is 22.9. The maximum Gasteiger partial charge on any atom is 0.342 e. The van der Waals surface area contributed by atoms with E-state index >= 15 is 0 Å². The number of carbonyl (C=O) groups excluding carboxylic acids is 1. The zero-order chi connectivity index (χ0) is 20.1. The zero-order valence-corrected chi connectivity index (χ0v) is 17.4. The molecule has 0 amide bonds. The van der Waals surface area contributed by atoms with Crippen LogP contribution in [0.5, 0.6) is 23.0 Å². The van der Waals surface area contributed by atoms with Gasteiger partial charge in [0.1, 0.15) is 5.56 Å². The number of rotatable bonds is 14. The second-order valence-electron chi connectivity index (χ2n) is 5.90. The van der Waals surface area contributed by atoms with Gasteiger partial charge in [-0.3, -0.25) is 0 Å². The monoisotopic (exact) mass is 382 g/mol. The molecule has 6 heteroatoms. The summed E-state index contributed by atoms with van der Waals surface area (Å²) in [7, 11) is 0. The number of esters is 1. The van der Waals surface area contributed by atoms with E-state index < -0.39 is 5.97 Å². The summed E-state index contributed by atoms with van der Waals surface area (Å²) in [6.45, 7) is 11.8. The topological polar surface area (TPSA) is 63.2 Å². The predicted molar refractivity (Wildman–Crippen MR) is 106 cm³/mol. The highest BCUT2D eigenvalue weighted by Crippen LogP contribution is 2.47. The molecule has 6 nitrogen and oxygen atoms in total. The molecule has 0 bridgehead atoms. The molecular formula is C21H34O6. The fourth-order valence-corrected chi connectivity index (χ4v) is 2.42. The van der Waals surface area contributed by atoms with Crippen LogP contribution in [-0.4, -0.2) is 39.0 Å². The second-order valence-corrected chi connectivity index (χ2v) is 5.90. The molecule has 0 aliphatic carbocycles. The van der Waals surface area contributed by atoms with Crippen molar-refractivity contribution in [2.75, 3.05) is 33.0 Å². The fourth-order valence-electron chi connectivity index (χ4n) is 2.42. The molecule has 0 saturated carbocycles. The first-order chi connectivity index (χ1) is 13.1. The van der Waals surface area contributed by atoms with Crippen molar-refractivity contribution in [2.24, 2.45) is 0 Å². The van der Waals surface area contributed by atoms with E-state index in [1.54, 1.807) is 13.0 Å². The molecule has 0 unspecified atom stereocenters. The van der Waals surface area contributed by atoms with Crippen LogP contribution in [0.15, 0.2) is 6.07 Å². The van der Waals surface area contributed by atoms with E-state index in [4.69, 9.17) is 23.7 Å². The third-order valence-corrected chi connectivity index (χ3v) is 3.73. The van der Waals surface area contributed by atoms with Gasteiger partial charge in [-0.05, 0) is 33.6 Å². The van der Waals surface area contributed by atoms with Gasteiger partial charge in [0.2, 0.25) is 11.5 Å². The van der Waals surface area contributed by atoms with Crippen molar-refractivity contribution in [3.05, 3.63) is 11.6 Å². The standard InChI is InChI=1S/C21H34O6/c1-6-11-13-26-18-16(21(22)25-10-5)15-17(23-8-3)19(20(18)24-9-4)27-14-12-7-2/h15H,6-14H2,1-5H3. The van der Waals surface area contributed by atoms with E-state index in [2.05, 4.69) is 13.8 Å². The highest BCUT2D eigenvalue weighted by atomic mass is 16.6. The van der Waals surface area contributed by atoms with Crippen LogP contribution in [0.3, 0.4) is 0 Å². The second kappa shape index (κ2) is 13.1. The molecule has 154 valence electrons. The van der Waals surface area contributed by atoms with Gasteiger partial charge in [0.25, 0.3) is 0 Å². The van der Waals surface area contributed by atoms with Crippen LogP contribution in [-0.2, 0) is 4.74 Å².